The molecule has 0 radical (unpaired) electrons. The molecule has 5 heteroatoms. The van der Waals surface area contributed by atoms with E-state index in [-0.39, 0.29) is 24.2 Å². The molecule has 0 heterocycles. The van der Waals surface area contributed by atoms with Gasteiger partial charge in [-0.2, -0.15) is 0 Å². The fourth-order valence-corrected chi connectivity index (χ4v) is 1.93. The van der Waals surface area contributed by atoms with E-state index in [2.05, 4.69) is 10.6 Å². The van der Waals surface area contributed by atoms with E-state index in [1.807, 2.05) is 6.07 Å². The lowest BCUT2D eigenvalue weighted by atomic mass is 10.1. The van der Waals surface area contributed by atoms with E-state index in [4.69, 9.17) is 0 Å². The van der Waals surface area contributed by atoms with E-state index in [1.165, 1.54) is 6.07 Å². The molecule has 0 fully saturated rings. The Kier molecular flexibility index (Phi) is 5.25. The average Bonchev–Trinajstić information content (AvgIpc) is 2.54. The van der Waals surface area contributed by atoms with Crippen LogP contribution in [0, 0.1) is 12.7 Å². The fourth-order valence-electron chi connectivity index (χ4n) is 1.93. The second-order valence-corrected chi connectivity index (χ2v) is 4.91. The maximum Gasteiger partial charge on any atom is 0.251 e. The van der Waals surface area contributed by atoms with E-state index in [1.54, 1.807) is 43.3 Å². The van der Waals surface area contributed by atoms with Crippen LogP contribution in [-0.2, 0) is 11.3 Å². The molecule has 0 aliphatic heterocycles. The van der Waals surface area contributed by atoms with Crippen LogP contribution < -0.4 is 10.6 Å². The fraction of sp³-hybridized carbons (Fsp3) is 0.176. The molecule has 4 nitrogen and oxygen atoms in total. The van der Waals surface area contributed by atoms with Gasteiger partial charge in [0.2, 0.25) is 5.91 Å². The van der Waals surface area contributed by atoms with Crippen LogP contribution >= 0.6 is 0 Å². The van der Waals surface area contributed by atoms with Crippen molar-refractivity contribution in [2.75, 3.05) is 6.54 Å². The minimum absolute atomic E-state index is 0.103. The Balaban J connectivity index is 1.78. The van der Waals surface area contributed by atoms with Crippen molar-refractivity contribution in [1.29, 1.82) is 0 Å². The molecule has 2 aromatic carbocycles. The van der Waals surface area contributed by atoms with Crippen LogP contribution in [0.4, 0.5) is 4.39 Å². The summed E-state index contributed by atoms with van der Waals surface area (Å²) >= 11 is 0. The van der Waals surface area contributed by atoms with Gasteiger partial charge in [0.25, 0.3) is 5.91 Å². The zero-order chi connectivity index (χ0) is 15.9. The topological polar surface area (TPSA) is 58.2 Å². The van der Waals surface area contributed by atoms with Gasteiger partial charge in [-0.1, -0.05) is 30.3 Å². The molecule has 0 unspecified atom stereocenters. The van der Waals surface area contributed by atoms with Crippen molar-refractivity contribution in [2.45, 2.75) is 13.5 Å². The molecule has 2 amide bonds. The number of hydrogen-bond acceptors (Lipinski definition) is 2. The maximum atomic E-state index is 13.1. The molecule has 22 heavy (non-hydrogen) atoms. The lowest BCUT2D eigenvalue weighted by Gasteiger charge is -2.08. The molecular weight excluding hydrogens is 283 g/mol. The second kappa shape index (κ2) is 7.36. The number of carbonyl (C=O) groups excluding carboxylic acids is 2. The molecule has 0 aliphatic carbocycles. The summed E-state index contributed by atoms with van der Waals surface area (Å²) in [5.74, 6) is -0.871. The minimum Gasteiger partial charge on any atom is -0.350 e. The summed E-state index contributed by atoms with van der Waals surface area (Å²) in [7, 11) is 0. The van der Waals surface area contributed by atoms with Crippen molar-refractivity contribution in [2.24, 2.45) is 0 Å². The Morgan fingerprint density at radius 3 is 2.45 bits per heavy atom. The minimum atomic E-state index is -0.300. The second-order valence-electron chi connectivity index (χ2n) is 4.91. The van der Waals surface area contributed by atoms with Crippen LogP contribution in [0.25, 0.3) is 0 Å². The van der Waals surface area contributed by atoms with E-state index in [0.717, 1.165) is 5.56 Å². The van der Waals surface area contributed by atoms with Gasteiger partial charge in [-0.05, 0) is 36.2 Å². The number of rotatable bonds is 5. The monoisotopic (exact) mass is 300 g/mol. The first-order chi connectivity index (χ1) is 10.6. The summed E-state index contributed by atoms with van der Waals surface area (Å²) in [5, 5.41) is 5.22. The molecular formula is C17H17FN2O2. The maximum absolute atomic E-state index is 13.1. The predicted molar refractivity (Wildman–Crippen MR) is 81.8 cm³/mol. The summed E-state index contributed by atoms with van der Waals surface area (Å²) in [6.45, 7) is 1.86. The van der Waals surface area contributed by atoms with Crippen LogP contribution in [0.2, 0.25) is 0 Å². The summed E-state index contributed by atoms with van der Waals surface area (Å²) in [5.41, 5.74) is 1.84. The third-order valence-electron chi connectivity index (χ3n) is 3.16. The molecule has 114 valence electrons. The van der Waals surface area contributed by atoms with Crippen molar-refractivity contribution in [1.82, 2.24) is 10.6 Å². The number of nitrogens with one attached hydrogen (secondary N) is 2. The normalized spacial score (nSPS) is 10.1. The highest BCUT2D eigenvalue weighted by Gasteiger charge is 2.07. The first-order valence-corrected chi connectivity index (χ1v) is 6.91. The molecule has 0 spiro atoms. The molecule has 0 aromatic heterocycles. The third kappa shape index (κ3) is 4.41. The van der Waals surface area contributed by atoms with E-state index in [0.29, 0.717) is 17.7 Å². The lowest BCUT2D eigenvalue weighted by Crippen LogP contribution is -2.36. The molecule has 0 atom stereocenters. The number of aryl methyl sites for hydroxylation is 1. The van der Waals surface area contributed by atoms with Crippen molar-refractivity contribution in [3.63, 3.8) is 0 Å². The van der Waals surface area contributed by atoms with Gasteiger partial charge in [0.15, 0.2) is 0 Å². The van der Waals surface area contributed by atoms with Crippen molar-refractivity contribution < 1.29 is 14.0 Å². The molecule has 2 aromatic rings. The molecule has 0 saturated carbocycles. The molecule has 0 saturated heterocycles. The quantitative estimate of drug-likeness (QED) is 0.889. The number of amides is 2. The standard InChI is InChI=1S/C17H17FN2O2/c1-12-9-13(7-8-15(12)18)10-19-16(21)11-20-17(22)14-5-3-2-4-6-14/h2-9H,10-11H2,1H3,(H,19,21)(H,20,22). The Morgan fingerprint density at radius 2 is 1.77 bits per heavy atom. The summed E-state index contributed by atoms with van der Waals surface area (Å²) in [6, 6.07) is 13.3. The van der Waals surface area contributed by atoms with Gasteiger partial charge < -0.3 is 10.6 Å². The zero-order valence-corrected chi connectivity index (χ0v) is 12.2. The first-order valence-electron chi connectivity index (χ1n) is 6.91. The highest BCUT2D eigenvalue weighted by molar-refractivity contribution is 5.96. The Morgan fingerprint density at radius 1 is 1.05 bits per heavy atom. The predicted octanol–water partition coefficient (Wildman–Crippen LogP) is 2.18. The van der Waals surface area contributed by atoms with Crippen molar-refractivity contribution in [3.8, 4) is 0 Å². The Hall–Kier alpha value is -2.69. The molecule has 0 bridgehead atoms. The Bertz CT molecular complexity index is 672. The molecule has 2 rings (SSSR count). The number of halogens is 1. The largest absolute Gasteiger partial charge is 0.350 e. The van der Waals surface area contributed by atoms with Gasteiger partial charge in [0, 0.05) is 12.1 Å². The van der Waals surface area contributed by atoms with Crippen LogP contribution in [0.1, 0.15) is 21.5 Å². The summed E-state index contributed by atoms with van der Waals surface area (Å²) in [6.07, 6.45) is 0. The van der Waals surface area contributed by atoms with Gasteiger partial charge in [0.1, 0.15) is 5.82 Å². The third-order valence-corrected chi connectivity index (χ3v) is 3.16. The highest BCUT2D eigenvalue weighted by Crippen LogP contribution is 2.08. The molecule has 0 aliphatic rings. The van der Waals surface area contributed by atoms with Crippen LogP contribution in [0.3, 0.4) is 0 Å². The van der Waals surface area contributed by atoms with Crippen LogP contribution in [0.5, 0.6) is 0 Å². The van der Waals surface area contributed by atoms with Gasteiger partial charge >= 0.3 is 0 Å². The lowest BCUT2D eigenvalue weighted by molar-refractivity contribution is -0.120. The first kappa shape index (κ1) is 15.7. The Labute approximate surface area is 128 Å². The zero-order valence-electron chi connectivity index (χ0n) is 12.2. The number of carbonyl (C=O) groups is 2. The van der Waals surface area contributed by atoms with Gasteiger partial charge in [-0.15, -0.1) is 0 Å². The highest BCUT2D eigenvalue weighted by atomic mass is 19.1. The van der Waals surface area contributed by atoms with Crippen molar-refractivity contribution >= 4 is 11.8 Å². The smallest absolute Gasteiger partial charge is 0.251 e. The summed E-state index contributed by atoms with van der Waals surface area (Å²) in [4.78, 5) is 23.5. The van der Waals surface area contributed by atoms with Crippen LogP contribution in [-0.4, -0.2) is 18.4 Å². The summed E-state index contributed by atoms with van der Waals surface area (Å²) < 4.78 is 13.1. The van der Waals surface area contributed by atoms with Gasteiger partial charge in [-0.3, -0.25) is 9.59 Å². The van der Waals surface area contributed by atoms with Gasteiger partial charge in [-0.25, -0.2) is 4.39 Å². The SMILES string of the molecule is Cc1cc(CNC(=O)CNC(=O)c2ccccc2)ccc1F. The van der Waals surface area contributed by atoms with E-state index >= 15 is 0 Å². The van der Waals surface area contributed by atoms with E-state index < -0.39 is 0 Å². The van der Waals surface area contributed by atoms with Crippen LogP contribution in [0.15, 0.2) is 48.5 Å². The molecule has 2 N–H and O–H groups in total. The average molecular weight is 300 g/mol. The number of benzene rings is 2. The van der Waals surface area contributed by atoms with Crippen molar-refractivity contribution in [3.05, 3.63) is 71.0 Å². The van der Waals surface area contributed by atoms with Gasteiger partial charge in [0.05, 0.1) is 6.54 Å². The number of hydrogen-bond donors (Lipinski definition) is 2. The van der Waals surface area contributed by atoms with E-state index in [9.17, 15) is 14.0 Å².